The smallest absolute Gasteiger partial charge is 0.0271 e. The Morgan fingerprint density at radius 1 is 1.29 bits per heavy atom. The molecule has 2 atom stereocenters. The van der Waals surface area contributed by atoms with Crippen molar-refractivity contribution in [2.45, 2.75) is 38.3 Å². The van der Waals surface area contributed by atoms with Crippen LogP contribution < -0.4 is 5.73 Å². The minimum absolute atomic E-state index is 0.406. The number of hydrogen-bond donors (Lipinski definition) is 1. The van der Waals surface area contributed by atoms with Crippen molar-refractivity contribution < 1.29 is 0 Å². The van der Waals surface area contributed by atoms with Crippen LogP contribution in [0.25, 0.3) is 0 Å². The van der Waals surface area contributed by atoms with E-state index in [-0.39, 0.29) is 0 Å². The third kappa shape index (κ3) is 3.79. The van der Waals surface area contributed by atoms with Gasteiger partial charge in [0.25, 0.3) is 0 Å². The van der Waals surface area contributed by atoms with E-state index in [1.807, 2.05) is 12.4 Å². The molecular weight excluding hydrogens is 210 g/mol. The molecule has 2 rings (SSSR count). The largest absolute Gasteiger partial charge is 0.327 e. The summed E-state index contributed by atoms with van der Waals surface area (Å²) < 4.78 is 0. The van der Waals surface area contributed by atoms with Crippen molar-refractivity contribution in [2.75, 3.05) is 13.6 Å². The van der Waals surface area contributed by atoms with E-state index < -0.39 is 0 Å². The Kier molecular flexibility index (Phi) is 4.51. The van der Waals surface area contributed by atoms with Crippen molar-refractivity contribution >= 4 is 0 Å². The van der Waals surface area contributed by atoms with Crippen molar-refractivity contribution in [1.82, 2.24) is 9.88 Å². The van der Waals surface area contributed by atoms with Gasteiger partial charge in [0, 0.05) is 31.5 Å². The normalized spacial score (nSPS) is 25.1. The van der Waals surface area contributed by atoms with E-state index in [1.54, 1.807) is 0 Å². The number of nitrogens with two attached hydrogens (primary N) is 1. The summed E-state index contributed by atoms with van der Waals surface area (Å²) in [4.78, 5) is 6.42. The summed E-state index contributed by atoms with van der Waals surface area (Å²) in [5, 5.41) is 0. The lowest BCUT2D eigenvalue weighted by molar-refractivity contribution is 0.206. The van der Waals surface area contributed by atoms with Crippen LogP contribution in [0.3, 0.4) is 0 Å². The number of pyridine rings is 1. The third-order valence-electron chi connectivity index (χ3n) is 3.72. The molecule has 1 saturated carbocycles. The van der Waals surface area contributed by atoms with Crippen LogP contribution in [0, 0.1) is 5.92 Å². The summed E-state index contributed by atoms with van der Waals surface area (Å²) in [5.41, 5.74) is 7.51. The van der Waals surface area contributed by atoms with Gasteiger partial charge in [-0.05, 0) is 43.5 Å². The second-order valence-electron chi connectivity index (χ2n) is 5.26. The topological polar surface area (TPSA) is 42.2 Å². The second-order valence-corrected chi connectivity index (χ2v) is 5.26. The van der Waals surface area contributed by atoms with Gasteiger partial charge in [-0.3, -0.25) is 4.98 Å². The quantitative estimate of drug-likeness (QED) is 0.865. The van der Waals surface area contributed by atoms with Crippen LogP contribution in [0.5, 0.6) is 0 Å². The molecule has 0 spiro atoms. The molecule has 94 valence electrons. The second kappa shape index (κ2) is 6.12. The first-order chi connectivity index (χ1) is 8.25. The van der Waals surface area contributed by atoms with Gasteiger partial charge >= 0.3 is 0 Å². The van der Waals surface area contributed by atoms with Gasteiger partial charge in [0.05, 0.1) is 0 Å². The average Bonchev–Trinajstić information content (AvgIpc) is 2.33. The fourth-order valence-corrected chi connectivity index (χ4v) is 2.73. The summed E-state index contributed by atoms with van der Waals surface area (Å²) in [6, 6.07) is 4.57. The van der Waals surface area contributed by atoms with E-state index in [0.29, 0.717) is 12.0 Å². The number of nitrogens with zero attached hydrogens (tertiary/aromatic N) is 2. The zero-order chi connectivity index (χ0) is 12.1. The zero-order valence-corrected chi connectivity index (χ0v) is 10.7. The molecule has 17 heavy (non-hydrogen) atoms. The third-order valence-corrected chi connectivity index (χ3v) is 3.72. The van der Waals surface area contributed by atoms with Crippen molar-refractivity contribution in [3.05, 3.63) is 30.1 Å². The minimum Gasteiger partial charge on any atom is -0.327 e. The van der Waals surface area contributed by atoms with Gasteiger partial charge in [-0.25, -0.2) is 0 Å². The summed E-state index contributed by atoms with van der Waals surface area (Å²) >= 11 is 0. The van der Waals surface area contributed by atoms with Crippen LogP contribution in [-0.4, -0.2) is 29.5 Å². The molecule has 2 unspecified atom stereocenters. The first kappa shape index (κ1) is 12.5. The SMILES string of the molecule is CN(Cc1ccncc1)CC1CCCCC1N. The van der Waals surface area contributed by atoms with Gasteiger partial charge in [0.1, 0.15) is 0 Å². The Morgan fingerprint density at radius 3 is 2.71 bits per heavy atom. The molecule has 0 aliphatic heterocycles. The Balaban J connectivity index is 1.82. The lowest BCUT2D eigenvalue weighted by Crippen LogP contribution is -2.39. The van der Waals surface area contributed by atoms with Crippen molar-refractivity contribution in [3.63, 3.8) is 0 Å². The molecule has 3 heteroatoms. The number of hydrogen-bond acceptors (Lipinski definition) is 3. The molecule has 1 fully saturated rings. The maximum atomic E-state index is 6.18. The molecule has 0 saturated heterocycles. The highest BCUT2D eigenvalue weighted by Gasteiger charge is 2.22. The molecule has 1 heterocycles. The number of rotatable bonds is 4. The molecule has 1 aliphatic carbocycles. The lowest BCUT2D eigenvalue weighted by Gasteiger charge is -2.32. The van der Waals surface area contributed by atoms with Gasteiger partial charge < -0.3 is 10.6 Å². The maximum absolute atomic E-state index is 6.18. The van der Waals surface area contributed by atoms with Gasteiger partial charge in [-0.2, -0.15) is 0 Å². The molecule has 1 aliphatic rings. The van der Waals surface area contributed by atoms with Gasteiger partial charge in [-0.15, -0.1) is 0 Å². The van der Waals surface area contributed by atoms with Crippen LogP contribution in [0.15, 0.2) is 24.5 Å². The lowest BCUT2D eigenvalue weighted by atomic mass is 9.85. The Hall–Kier alpha value is -0.930. The summed E-state index contributed by atoms with van der Waals surface area (Å²) in [5.74, 6) is 0.676. The predicted octanol–water partition coefficient (Wildman–Crippen LogP) is 2.03. The van der Waals surface area contributed by atoms with Crippen molar-refractivity contribution in [1.29, 1.82) is 0 Å². The standard InChI is InChI=1S/C14H23N3/c1-17(10-12-6-8-16-9-7-12)11-13-4-2-3-5-14(13)15/h6-9,13-14H,2-5,10-11,15H2,1H3. The van der Waals surface area contributed by atoms with Crippen LogP contribution >= 0.6 is 0 Å². The monoisotopic (exact) mass is 233 g/mol. The fourth-order valence-electron chi connectivity index (χ4n) is 2.73. The first-order valence-electron chi connectivity index (χ1n) is 6.59. The maximum Gasteiger partial charge on any atom is 0.0271 e. The molecule has 3 nitrogen and oxygen atoms in total. The summed E-state index contributed by atoms with van der Waals surface area (Å²) in [6.07, 6.45) is 8.87. The van der Waals surface area contributed by atoms with Gasteiger partial charge in [0.2, 0.25) is 0 Å². The van der Waals surface area contributed by atoms with E-state index in [9.17, 15) is 0 Å². The average molecular weight is 233 g/mol. The van der Waals surface area contributed by atoms with Gasteiger partial charge in [0.15, 0.2) is 0 Å². The van der Waals surface area contributed by atoms with E-state index in [1.165, 1.54) is 31.2 Å². The molecule has 1 aromatic rings. The van der Waals surface area contributed by atoms with Crippen LogP contribution in [-0.2, 0) is 6.54 Å². The minimum atomic E-state index is 0.406. The Labute approximate surface area is 104 Å². The fraction of sp³-hybridized carbons (Fsp3) is 0.643. The number of aromatic nitrogens is 1. The molecule has 1 aromatic heterocycles. The molecule has 0 aromatic carbocycles. The van der Waals surface area contributed by atoms with E-state index in [0.717, 1.165) is 13.1 Å². The molecule has 0 radical (unpaired) electrons. The first-order valence-corrected chi connectivity index (χ1v) is 6.59. The van der Waals surface area contributed by atoms with Crippen molar-refractivity contribution in [3.8, 4) is 0 Å². The summed E-state index contributed by atoms with van der Waals surface area (Å²) in [7, 11) is 2.18. The summed E-state index contributed by atoms with van der Waals surface area (Å²) in [6.45, 7) is 2.11. The van der Waals surface area contributed by atoms with E-state index >= 15 is 0 Å². The Morgan fingerprint density at radius 2 is 2.00 bits per heavy atom. The highest BCUT2D eigenvalue weighted by Crippen LogP contribution is 2.23. The van der Waals surface area contributed by atoms with Crippen molar-refractivity contribution in [2.24, 2.45) is 11.7 Å². The molecular formula is C14H23N3. The zero-order valence-electron chi connectivity index (χ0n) is 10.7. The molecule has 0 amide bonds. The molecule has 2 N–H and O–H groups in total. The van der Waals surface area contributed by atoms with Crippen LogP contribution in [0.2, 0.25) is 0 Å². The highest BCUT2D eigenvalue weighted by atomic mass is 15.1. The van der Waals surface area contributed by atoms with E-state index in [2.05, 4.69) is 29.1 Å². The van der Waals surface area contributed by atoms with E-state index in [4.69, 9.17) is 5.73 Å². The van der Waals surface area contributed by atoms with Crippen LogP contribution in [0.1, 0.15) is 31.2 Å². The highest BCUT2D eigenvalue weighted by molar-refractivity contribution is 5.09. The Bertz CT molecular complexity index is 325. The van der Waals surface area contributed by atoms with Crippen LogP contribution in [0.4, 0.5) is 0 Å². The molecule has 0 bridgehead atoms. The van der Waals surface area contributed by atoms with Gasteiger partial charge in [-0.1, -0.05) is 12.8 Å². The predicted molar refractivity (Wildman–Crippen MR) is 70.5 cm³/mol.